The number of piperidine rings is 1. The SMILES string of the molecule is CNC(C)CC(C)N1CCC(C(C)(C)C)CC1. The number of nitrogens with one attached hydrogen (secondary N) is 1. The first-order valence-corrected chi connectivity index (χ1v) is 7.26. The first-order valence-electron chi connectivity index (χ1n) is 7.26. The first kappa shape index (κ1) is 15.0. The van der Waals surface area contributed by atoms with Crippen LogP contribution in [0.2, 0.25) is 0 Å². The lowest BCUT2D eigenvalue weighted by Gasteiger charge is -2.41. The molecular weight excluding hydrogens is 208 g/mol. The highest BCUT2D eigenvalue weighted by Crippen LogP contribution is 2.34. The number of hydrogen-bond acceptors (Lipinski definition) is 2. The molecule has 1 aliphatic heterocycles. The van der Waals surface area contributed by atoms with Gasteiger partial charge >= 0.3 is 0 Å². The van der Waals surface area contributed by atoms with Gasteiger partial charge in [-0.15, -0.1) is 0 Å². The van der Waals surface area contributed by atoms with Crippen molar-refractivity contribution in [2.45, 2.75) is 66.0 Å². The summed E-state index contributed by atoms with van der Waals surface area (Å²) in [6, 6.07) is 1.35. The maximum atomic E-state index is 3.34. The van der Waals surface area contributed by atoms with Crippen molar-refractivity contribution in [2.24, 2.45) is 11.3 Å². The molecule has 2 unspecified atom stereocenters. The first-order chi connectivity index (χ1) is 7.84. The number of hydrogen-bond donors (Lipinski definition) is 1. The van der Waals surface area contributed by atoms with E-state index in [2.05, 4.69) is 51.9 Å². The number of rotatable bonds is 4. The summed E-state index contributed by atoms with van der Waals surface area (Å²) < 4.78 is 0. The molecule has 0 aromatic carbocycles. The van der Waals surface area contributed by atoms with E-state index in [4.69, 9.17) is 0 Å². The molecule has 17 heavy (non-hydrogen) atoms. The summed E-state index contributed by atoms with van der Waals surface area (Å²) in [5.41, 5.74) is 0.494. The van der Waals surface area contributed by atoms with Gasteiger partial charge in [-0.3, -0.25) is 0 Å². The molecule has 1 N–H and O–H groups in total. The van der Waals surface area contributed by atoms with Crippen LogP contribution in [0.4, 0.5) is 0 Å². The average Bonchev–Trinajstić information content (AvgIpc) is 2.27. The van der Waals surface area contributed by atoms with Crippen LogP contribution in [0.3, 0.4) is 0 Å². The summed E-state index contributed by atoms with van der Waals surface area (Å²) >= 11 is 0. The quantitative estimate of drug-likeness (QED) is 0.812. The predicted molar refractivity (Wildman–Crippen MR) is 76.4 cm³/mol. The summed E-state index contributed by atoms with van der Waals surface area (Å²) in [7, 11) is 2.06. The second kappa shape index (κ2) is 6.19. The Labute approximate surface area is 108 Å². The highest BCUT2D eigenvalue weighted by Gasteiger charge is 2.30. The molecule has 0 bridgehead atoms. The van der Waals surface area contributed by atoms with E-state index in [-0.39, 0.29) is 0 Å². The fourth-order valence-electron chi connectivity index (χ4n) is 2.98. The largest absolute Gasteiger partial charge is 0.317 e. The predicted octanol–water partition coefficient (Wildman–Crippen LogP) is 3.13. The molecule has 2 atom stereocenters. The molecule has 1 saturated heterocycles. The molecule has 2 nitrogen and oxygen atoms in total. The van der Waals surface area contributed by atoms with Gasteiger partial charge in [0.2, 0.25) is 0 Å². The fraction of sp³-hybridized carbons (Fsp3) is 1.00. The third kappa shape index (κ3) is 4.59. The molecule has 1 heterocycles. The highest BCUT2D eigenvalue weighted by molar-refractivity contribution is 4.83. The molecule has 2 heteroatoms. The molecule has 0 aromatic heterocycles. The van der Waals surface area contributed by atoms with Crippen LogP contribution in [-0.4, -0.2) is 37.1 Å². The van der Waals surface area contributed by atoms with Crippen molar-refractivity contribution in [1.82, 2.24) is 10.2 Å². The zero-order chi connectivity index (χ0) is 13.1. The maximum Gasteiger partial charge on any atom is 0.00816 e. The summed E-state index contributed by atoms with van der Waals surface area (Å²) in [6.45, 7) is 14.4. The number of likely N-dealkylation sites (tertiary alicyclic amines) is 1. The Balaban J connectivity index is 2.36. The fourth-order valence-corrected chi connectivity index (χ4v) is 2.98. The molecule has 0 aromatic rings. The van der Waals surface area contributed by atoms with Gasteiger partial charge in [-0.25, -0.2) is 0 Å². The van der Waals surface area contributed by atoms with Crippen LogP contribution in [0, 0.1) is 11.3 Å². The second-order valence-corrected chi connectivity index (χ2v) is 6.95. The van der Waals surface area contributed by atoms with Gasteiger partial charge in [0.25, 0.3) is 0 Å². The molecule has 1 aliphatic rings. The Bertz CT molecular complexity index is 211. The smallest absolute Gasteiger partial charge is 0.00816 e. The summed E-state index contributed by atoms with van der Waals surface area (Å²) in [5.74, 6) is 0.910. The molecule has 0 spiro atoms. The van der Waals surface area contributed by atoms with Gasteiger partial charge in [0, 0.05) is 12.1 Å². The lowest BCUT2D eigenvalue weighted by Crippen LogP contribution is -2.44. The van der Waals surface area contributed by atoms with E-state index in [9.17, 15) is 0 Å². The average molecular weight is 240 g/mol. The summed E-state index contributed by atoms with van der Waals surface area (Å²) in [6.07, 6.45) is 4.01. The van der Waals surface area contributed by atoms with E-state index >= 15 is 0 Å². The molecule has 1 fully saturated rings. The van der Waals surface area contributed by atoms with Crippen molar-refractivity contribution in [2.75, 3.05) is 20.1 Å². The van der Waals surface area contributed by atoms with Crippen molar-refractivity contribution < 1.29 is 0 Å². The van der Waals surface area contributed by atoms with E-state index in [0.717, 1.165) is 12.0 Å². The topological polar surface area (TPSA) is 15.3 Å². The zero-order valence-electron chi connectivity index (χ0n) is 12.7. The Kier molecular flexibility index (Phi) is 5.46. The minimum absolute atomic E-state index is 0.494. The van der Waals surface area contributed by atoms with E-state index in [1.807, 2.05) is 0 Å². The summed E-state index contributed by atoms with van der Waals surface area (Å²) in [5, 5.41) is 3.34. The van der Waals surface area contributed by atoms with Crippen molar-refractivity contribution in [1.29, 1.82) is 0 Å². The van der Waals surface area contributed by atoms with E-state index in [0.29, 0.717) is 11.5 Å². The van der Waals surface area contributed by atoms with Crippen LogP contribution in [0.1, 0.15) is 53.9 Å². The van der Waals surface area contributed by atoms with Gasteiger partial charge in [-0.1, -0.05) is 20.8 Å². The minimum Gasteiger partial charge on any atom is -0.317 e. The molecule has 102 valence electrons. The van der Waals surface area contributed by atoms with Gasteiger partial charge in [-0.05, 0) is 64.6 Å². The third-order valence-corrected chi connectivity index (χ3v) is 4.57. The zero-order valence-corrected chi connectivity index (χ0v) is 12.7. The van der Waals surface area contributed by atoms with Crippen LogP contribution in [0.5, 0.6) is 0 Å². The van der Waals surface area contributed by atoms with E-state index in [1.54, 1.807) is 0 Å². The van der Waals surface area contributed by atoms with Crippen LogP contribution < -0.4 is 5.32 Å². The monoisotopic (exact) mass is 240 g/mol. The van der Waals surface area contributed by atoms with E-state index < -0.39 is 0 Å². The Morgan fingerprint density at radius 1 is 1.18 bits per heavy atom. The van der Waals surface area contributed by atoms with Crippen molar-refractivity contribution in [3.05, 3.63) is 0 Å². The van der Waals surface area contributed by atoms with Crippen LogP contribution in [0.15, 0.2) is 0 Å². The highest BCUT2D eigenvalue weighted by atomic mass is 15.2. The number of nitrogens with zero attached hydrogens (tertiary/aromatic N) is 1. The van der Waals surface area contributed by atoms with Gasteiger partial charge in [-0.2, -0.15) is 0 Å². The standard InChI is InChI=1S/C15H32N2/c1-12(16-6)11-13(2)17-9-7-14(8-10-17)15(3,4)5/h12-14,16H,7-11H2,1-6H3. The molecule has 0 aliphatic carbocycles. The van der Waals surface area contributed by atoms with Gasteiger partial charge in [0.15, 0.2) is 0 Å². The van der Waals surface area contributed by atoms with Crippen LogP contribution >= 0.6 is 0 Å². The lowest BCUT2D eigenvalue weighted by molar-refractivity contribution is 0.0823. The second-order valence-electron chi connectivity index (χ2n) is 6.95. The molecule has 0 radical (unpaired) electrons. The minimum atomic E-state index is 0.494. The van der Waals surface area contributed by atoms with Gasteiger partial charge in [0.1, 0.15) is 0 Å². The molecular formula is C15H32N2. The maximum absolute atomic E-state index is 3.34. The van der Waals surface area contributed by atoms with Gasteiger partial charge < -0.3 is 10.2 Å². The van der Waals surface area contributed by atoms with Crippen LogP contribution in [-0.2, 0) is 0 Å². The molecule has 1 rings (SSSR count). The molecule has 0 amide bonds. The lowest BCUT2D eigenvalue weighted by atomic mass is 9.75. The van der Waals surface area contributed by atoms with Crippen LogP contribution in [0.25, 0.3) is 0 Å². The van der Waals surface area contributed by atoms with Crippen molar-refractivity contribution in [3.8, 4) is 0 Å². The Morgan fingerprint density at radius 2 is 1.71 bits per heavy atom. The van der Waals surface area contributed by atoms with Gasteiger partial charge in [0.05, 0.1) is 0 Å². The normalized spacial score (nSPS) is 23.6. The molecule has 0 saturated carbocycles. The Hall–Kier alpha value is -0.0800. The van der Waals surface area contributed by atoms with E-state index in [1.165, 1.54) is 32.4 Å². The Morgan fingerprint density at radius 3 is 2.12 bits per heavy atom. The third-order valence-electron chi connectivity index (χ3n) is 4.57. The summed E-state index contributed by atoms with van der Waals surface area (Å²) in [4.78, 5) is 2.68. The van der Waals surface area contributed by atoms with Crippen molar-refractivity contribution >= 4 is 0 Å². The van der Waals surface area contributed by atoms with Crippen molar-refractivity contribution in [3.63, 3.8) is 0 Å².